The molecule has 1 saturated heterocycles. The first kappa shape index (κ1) is 27.7. The Labute approximate surface area is 230 Å². The molecule has 1 aromatic carbocycles. The molecule has 1 aliphatic rings. The minimum atomic E-state index is -0.921. The summed E-state index contributed by atoms with van der Waals surface area (Å²) in [5.74, 6) is 4.26. The van der Waals surface area contributed by atoms with E-state index in [1.807, 2.05) is 0 Å². The monoisotopic (exact) mass is 549 g/mol. The molecule has 0 radical (unpaired) electrons. The summed E-state index contributed by atoms with van der Waals surface area (Å²) in [6.07, 6.45) is 3.86. The number of hydrogen-bond donors (Lipinski definition) is 2. The van der Waals surface area contributed by atoms with Gasteiger partial charge in [-0.3, -0.25) is 19.4 Å². The van der Waals surface area contributed by atoms with E-state index in [9.17, 15) is 19.2 Å². The molecule has 39 heavy (non-hydrogen) atoms. The van der Waals surface area contributed by atoms with E-state index in [4.69, 9.17) is 16.3 Å². The van der Waals surface area contributed by atoms with E-state index in [0.29, 0.717) is 29.2 Å². The third-order valence-electron chi connectivity index (χ3n) is 5.79. The molecule has 0 bridgehead atoms. The van der Waals surface area contributed by atoms with E-state index < -0.39 is 34.5 Å². The fraction of sp³-hybridized carbons (Fsp3) is 0.321. The van der Waals surface area contributed by atoms with Crippen LogP contribution < -0.4 is 10.9 Å². The number of amides is 3. The number of rotatable bonds is 3. The zero-order chi connectivity index (χ0) is 28.2. The first-order valence-electron chi connectivity index (χ1n) is 12.4. The average molecular weight is 550 g/mol. The molecule has 3 amide bonds. The number of carbonyl (C=O) groups excluding carboxylic acids is 3. The Bertz CT molecular complexity index is 1530. The minimum Gasteiger partial charge on any atom is -0.443 e. The highest BCUT2D eigenvalue weighted by atomic mass is 35.5. The molecule has 202 valence electrons. The predicted octanol–water partition coefficient (Wildman–Crippen LogP) is 3.75. The van der Waals surface area contributed by atoms with Gasteiger partial charge in [-0.25, -0.2) is 15.2 Å². The first-order chi connectivity index (χ1) is 18.5. The second kappa shape index (κ2) is 11.6. The smallest absolute Gasteiger partial charge is 0.426 e. The second-order valence-corrected chi connectivity index (χ2v) is 10.4. The van der Waals surface area contributed by atoms with Crippen molar-refractivity contribution in [1.29, 1.82) is 0 Å². The number of nitrogens with zero attached hydrogens (tertiary/aromatic N) is 3. The molecule has 2 aromatic heterocycles. The normalized spacial score (nSPS) is 13.0. The molecule has 0 unspecified atom stereocenters. The predicted molar refractivity (Wildman–Crippen MR) is 146 cm³/mol. The van der Waals surface area contributed by atoms with Crippen molar-refractivity contribution in [3.63, 3.8) is 0 Å². The fourth-order valence-electron chi connectivity index (χ4n) is 4.07. The number of hydrazine groups is 1. The molecule has 0 aliphatic carbocycles. The molecule has 0 spiro atoms. The number of likely N-dealkylation sites (tertiary alicyclic amines) is 1. The summed E-state index contributed by atoms with van der Waals surface area (Å²) in [4.78, 5) is 62.2. The zero-order valence-corrected chi connectivity index (χ0v) is 22.6. The standard InChI is InChI=1S/C28H28ClN5O5/c1-28(2,3)39-27(38)32-34(15-7-9-18-8-6-12-30-17-18)25(36)22-23(26(37)33-13-4-5-14-33)31-21-16-19(29)10-11-20(21)24(22)35/h6,8,10-12,16-17H,4-5,13-15H2,1-3H3,(H,31,35)(H,32,38). The maximum absolute atomic E-state index is 13.9. The van der Waals surface area contributed by atoms with Gasteiger partial charge < -0.3 is 14.6 Å². The van der Waals surface area contributed by atoms with Crippen molar-refractivity contribution in [2.45, 2.75) is 39.2 Å². The van der Waals surface area contributed by atoms with Crippen molar-refractivity contribution in [3.05, 3.63) is 74.8 Å². The average Bonchev–Trinajstić information content (AvgIpc) is 3.42. The van der Waals surface area contributed by atoms with Crippen molar-refractivity contribution < 1.29 is 19.1 Å². The summed E-state index contributed by atoms with van der Waals surface area (Å²) in [6.45, 7) is 5.71. The van der Waals surface area contributed by atoms with E-state index >= 15 is 0 Å². The molecular formula is C28H28ClN5O5. The van der Waals surface area contributed by atoms with Gasteiger partial charge >= 0.3 is 6.09 Å². The van der Waals surface area contributed by atoms with Crippen LogP contribution in [0.15, 0.2) is 47.5 Å². The fourth-order valence-corrected chi connectivity index (χ4v) is 4.24. The second-order valence-electron chi connectivity index (χ2n) is 9.94. The summed E-state index contributed by atoms with van der Waals surface area (Å²) in [5.41, 5.74) is 1.16. The largest absolute Gasteiger partial charge is 0.443 e. The lowest BCUT2D eigenvalue weighted by molar-refractivity contribution is 0.0314. The van der Waals surface area contributed by atoms with Gasteiger partial charge in [0.05, 0.1) is 5.52 Å². The highest BCUT2D eigenvalue weighted by Crippen LogP contribution is 2.20. The summed E-state index contributed by atoms with van der Waals surface area (Å²) < 4.78 is 5.31. The van der Waals surface area contributed by atoms with Crippen LogP contribution in [0, 0.1) is 11.8 Å². The van der Waals surface area contributed by atoms with Gasteiger partial charge in [0.1, 0.15) is 23.4 Å². The molecule has 3 heterocycles. The Kier molecular flexibility index (Phi) is 8.21. The van der Waals surface area contributed by atoms with Crippen LogP contribution in [0.1, 0.15) is 60.0 Å². The Balaban J connectivity index is 1.79. The van der Waals surface area contributed by atoms with Crippen LogP contribution in [0.3, 0.4) is 0 Å². The Morgan fingerprint density at radius 1 is 1.21 bits per heavy atom. The van der Waals surface area contributed by atoms with Crippen molar-refractivity contribution >= 4 is 40.4 Å². The van der Waals surface area contributed by atoms with E-state index in [2.05, 4.69) is 27.2 Å². The van der Waals surface area contributed by atoms with Crippen LogP contribution in [0.25, 0.3) is 10.9 Å². The molecular weight excluding hydrogens is 522 g/mol. The van der Waals surface area contributed by atoms with E-state index in [1.54, 1.807) is 50.2 Å². The van der Waals surface area contributed by atoms with Gasteiger partial charge in [-0.2, -0.15) is 0 Å². The number of aromatic nitrogens is 2. The van der Waals surface area contributed by atoms with Gasteiger partial charge in [-0.05, 0) is 63.9 Å². The summed E-state index contributed by atoms with van der Waals surface area (Å²) in [7, 11) is 0. The maximum Gasteiger partial charge on any atom is 0.426 e. The molecule has 0 saturated carbocycles. The number of H-pyrrole nitrogens is 1. The molecule has 0 atom stereocenters. The van der Waals surface area contributed by atoms with Crippen molar-refractivity contribution in [1.82, 2.24) is 25.3 Å². The number of nitrogens with one attached hydrogen (secondary N) is 2. The molecule has 2 N–H and O–H groups in total. The number of pyridine rings is 2. The number of hydrogen-bond acceptors (Lipinski definition) is 6. The quantitative estimate of drug-likeness (QED) is 0.379. The van der Waals surface area contributed by atoms with Gasteiger partial charge in [-0.1, -0.05) is 23.4 Å². The van der Waals surface area contributed by atoms with Gasteiger partial charge in [0.25, 0.3) is 11.8 Å². The van der Waals surface area contributed by atoms with Crippen LogP contribution in [-0.4, -0.2) is 63.0 Å². The van der Waals surface area contributed by atoms with E-state index in [-0.39, 0.29) is 17.6 Å². The SMILES string of the molecule is CC(C)(C)OC(=O)NN(CC#Cc1cccnc1)C(=O)c1c(C(=O)N2CCCC2)[nH]c2cc(Cl)ccc2c1=O. The lowest BCUT2D eigenvalue weighted by Gasteiger charge is -2.26. The zero-order valence-electron chi connectivity index (χ0n) is 21.8. The maximum atomic E-state index is 13.9. The molecule has 3 aromatic rings. The number of halogens is 1. The first-order valence-corrected chi connectivity index (χ1v) is 12.8. The van der Waals surface area contributed by atoms with E-state index in [0.717, 1.165) is 17.9 Å². The number of aromatic amines is 1. The molecule has 11 heteroatoms. The van der Waals surface area contributed by atoms with Gasteiger partial charge in [-0.15, -0.1) is 0 Å². The Hall–Kier alpha value is -4.36. The number of carbonyl (C=O) groups is 3. The number of ether oxygens (including phenoxy) is 1. The third kappa shape index (κ3) is 6.75. The molecule has 4 rings (SSSR count). The van der Waals surface area contributed by atoms with Crippen LogP contribution >= 0.6 is 11.6 Å². The lowest BCUT2D eigenvalue weighted by atomic mass is 10.1. The Morgan fingerprint density at radius 3 is 2.62 bits per heavy atom. The molecule has 1 fully saturated rings. The molecule has 1 aliphatic heterocycles. The lowest BCUT2D eigenvalue weighted by Crippen LogP contribution is -2.50. The van der Waals surface area contributed by atoms with Gasteiger partial charge in [0, 0.05) is 41.5 Å². The van der Waals surface area contributed by atoms with Crippen LogP contribution in [0.5, 0.6) is 0 Å². The number of fused-ring (bicyclic) bond motifs is 1. The van der Waals surface area contributed by atoms with Crippen LogP contribution in [-0.2, 0) is 4.74 Å². The van der Waals surface area contributed by atoms with Crippen molar-refractivity contribution in [2.75, 3.05) is 19.6 Å². The Morgan fingerprint density at radius 2 is 1.95 bits per heavy atom. The van der Waals surface area contributed by atoms with Gasteiger partial charge in [0.15, 0.2) is 0 Å². The summed E-state index contributed by atoms with van der Waals surface area (Å²) in [6, 6.07) is 7.96. The van der Waals surface area contributed by atoms with Crippen molar-refractivity contribution in [2.24, 2.45) is 0 Å². The highest BCUT2D eigenvalue weighted by Gasteiger charge is 2.32. The minimum absolute atomic E-state index is 0.166. The third-order valence-corrected chi connectivity index (χ3v) is 6.02. The van der Waals surface area contributed by atoms with Crippen LogP contribution in [0.2, 0.25) is 5.02 Å². The molecule has 10 nitrogen and oxygen atoms in total. The van der Waals surface area contributed by atoms with E-state index in [1.165, 1.54) is 18.2 Å². The topological polar surface area (TPSA) is 125 Å². The van der Waals surface area contributed by atoms with Gasteiger partial charge in [0.2, 0.25) is 5.43 Å². The van der Waals surface area contributed by atoms with Crippen LogP contribution in [0.4, 0.5) is 4.79 Å². The summed E-state index contributed by atoms with van der Waals surface area (Å²) in [5, 5.41) is 1.39. The summed E-state index contributed by atoms with van der Waals surface area (Å²) >= 11 is 6.13. The van der Waals surface area contributed by atoms with Crippen molar-refractivity contribution in [3.8, 4) is 11.8 Å². The number of benzene rings is 1. The highest BCUT2D eigenvalue weighted by molar-refractivity contribution is 6.31.